The lowest BCUT2D eigenvalue weighted by atomic mass is 9.97. The van der Waals surface area contributed by atoms with Gasteiger partial charge >= 0.3 is 0 Å². The number of aromatic nitrogens is 2. The quantitative estimate of drug-likeness (QED) is 0.887. The molecule has 1 atom stereocenters. The number of para-hydroxylation sites is 1. The van der Waals surface area contributed by atoms with Crippen LogP contribution in [0.1, 0.15) is 45.3 Å². The van der Waals surface area contributed by atoms with Gasteiger partial charge in [-0.1, -0.05) is 44.1 Å². The van der Waals surface area contributed by atoms with Crippen LogP contribution in [-0.2, 0) is 21.4 Å². The Morgan fingerprint density at radius 2 is 2.04 bits per heavy atom. The standard InChI is InChI=1S/C19H24N4O3/c1-19(2,3)18-21-15(22-26-18)11-12-20-17(25)14-9-10-16(24)23(14)13-7-5-4-6-8-13/h4-8,14H,9-12H2,1-3H3,(H,20,25). The second-order valence-electron chi connectivity index (χ2n) is 7.46. The summed E-state index contributed by atoms with van der Waals surface area (Å²) in [5.74, 6) is 0.969. The van der Waals surface area contributed by atoms with E-state index in [0.717, 1.165) is 5.69 Å². The first-order valence-electron chi connectivity index (χ1n) is 8.84. The average molecular weight is 356 g/mol. The van der Waals surface area contributed by atoms with Gasteiger partial charge in [0.05, 0.1) is 0 Å². The van der Waals surface area contributed by atoms with Crippen molar-refractivity contribution in [2.24, 2.45) is 0 Å². The molecule has 26 heavy (non-hydrogen) atoms. The van der Waals surface area contributed by atoms with Gasteiger partial charge in [-0.3, -0.25) is 14.5 Å². The number of hydrogen-bond acceptors (Lipinski definition) is 5. The Morgan fingerprint density at radius 3 is 2.69 bits per heavy atom. The summed E-state index contributed by atoms with van der Waals surface area (Å²) in [5.41, 5.74) is 0.553. The third kappa shape index (κ3) is 3.92. The summed E-state index contributed by atoms with van der Waals surface area (Å²) in [7, 11) is 0. The average Bonchev–Trinajstić information content (AvgIpc) is 3.22. The Balaban J connectivity index is 1.58. The zero-order valence-electron chi connectivity index (χ0n) is 15.4. The first-order chi connectivity index (χ1) is 12.4. The van der Waals surface area contributed by atoms with Crippen LogP contribution in [0.2, 0.25) is 0 Å². The van der Waals surface area contributed by atoms with Crippen LogP contribution in [-0.4, -0.2) is 34.5 Å². The minimum atomic E-state index is -0.472. The Bertz CT molecular complexity index is 780. The van der Waals surface area contributed by atoms with Crippen molar-refractivity contribution in [1.29, 1.82) is 0 Å². The van der Waals surface area contributed by atoms with E-state index in [1.165, 1.54) is 0 Å². The van der Waals surface area contributed by atoms with E-state index in [0.29, 0.717) is 37.5 Å². The number of nitrogens with one attached hydrogen (secondary N) is 1. The number of benzene rings is 1. The van der Waals surface area contributed by atoms with E-state index in [-0.39, 0.29) is 17.2 Å². The summed E-state index contributed by atoms with van der Waals surface area (Å²) in [6.45, 7) is 6.40. The molecule has 0 saturated carbocycles. The zero-order valence-corrected chi connectivity index (χ0v) is 15.4. The van der Waals surface area contributed by atoms with Crippen molar-refractivity contribution in [2.45, 2.75) is 51.5 Å². The van der Waals surface area contributed by atoms with Gasteiger partial charge in [-0.2, -0.15) is 4.98 Å². The molecule has 7 heteroatoms. The number of carbonyl (C=O) groups excluding carboxylic acids is 2. The molecule has 0 spiro atoms. The van der Waals surface area contributed by atoms with Crippen molar-refractivity contribution in [1.82, 2.24) is 15.5 Å². The highest BCUT2D eigenvalue weighted by Gasteiger charge is 2.36. The van der Waals surface area contributed by atoms with E-state index in [9.17, 15) is 9.59 Å². The van der Waals surface area contributed by atoms with Crippen LogP contribution in [0.3, 0.4) is 0 Å². The van der Waals surface area contributed by atoms with Crippen LogP contribution >= 0.6 is 0 Å². The lowest BCUT2D eigenvalue weighted by Gasteiger charge is -2.24. The van der Waals surface area contributed by atoms with Gasteiger partial charge < -0.3 is 9.84 Å². The predicted octanol–water partition coefficient (Wildman–Crippen LogP) is 2.22. The first-order valence-corrected chi connectivity index (χ1v) is 8.84. The Labute approximate surface area is 152 Å². The molecule has 1 fully saturated rings. The van der Waals surface area contributed by atoms with E-state index in [1.807, 2.05) is 51.1 Å². The maximum Gasteiger partial charge on any atom is 0.243 e. The molecule has 1 aliphatic heterocycles. The fourth-order valence-corrected chi connectivity index (χ4v) is 2.92. The molecule has 1 saturated heterocycles. The highest BCUT2D eigenvalue weighted by Crippen LogP contribution is 2.26. The van der Waals surface area contributed by atoms with E-state index in [2.05, 4.69) is 15.5 Å². The predicted molar refractivity (Wildman–Crippen MR) is 96.7 cm³/mol. The molecule has 0 radical (unpaired) electrons. The zero-order chi connectivity index (χ0) is 18.7. The van der Waals surface area contributed by atoms with Crippen LogP contribution in [0.15, 0.2) is 34.9 Å². The van der Waals surface area contributed by atoms with Gasteiger partial charge in [-0.25, -0.2) is 0 Å². The minimum Gasteiger partial charge on any atom is -0.354 e. The SMILES string of the molecule is CC(C)(C)c1nc(CCNC(=O)C2CCC(=O)N2c2ccccc2)no1. The maximum atomic E-state index is 12.6. The highest BCUT2D eigenvalue weighted by atomic mass is 16.5. The number of rotatable bonds is 5. The molecule has 7 nitrogen and oxygen atoms in total. The van der Waals surface area contributed by atoms with Gasteiger partial charge in [0.1, 0.15) is 6.04 Å². The van der Waals surface area contributed by atoms with E-state index in [1.54, 1.807) is 4.90 Å². The molecule has 1 N–H and O–H groups in total. The third-order valence-corrected chi connectivity index (χ3v) is 4.31. The highest BCUT2D eigenvalue weighted by molar-refractivity contribution is 6.03. The van der Waals surface area contributed by atoms with Gasteiger partial charge in [0.25, 0.3) is 0 Å². The fraction of sp³-hybridized carbons (Fsp3) is 0.474. The van der Waals surface area contributed by atoms with Gasteiger partial charge in [-0.05, 0) is 18.6 Å². The molecule has 138 valence electrons. The molecular weight excluding hydrogens is 332 g/mol. The summed E-state index contributed by atoms with van der Waals surface area (Å²) in [6, 6.07) is 8.82. The molecule has 2 amide bonds. The monoisotopic (exact) mass is 356 g/mol. The molecule has 1 aliphatic rings. The summed E-state index contributed by atoms with van der Waals surface area (Å²) in [4.78, 5) is 30.7. The van der Waals surface area contributed by atoms with Crippen molar-refractivity contribution in [3.05, 3.63) is 42.0 Å². The molecule has 0 aliphatic carbocycles. The number of amides is 2. The van der Waals surface area contributed by atoms with Crippen molar-refractivity contribution in [3.8, 4) is 0 Å². The largest absolute Gasteiger partial charge is 0.354 e. The number of nitrogens with zero attached hydrogens (tertiary/aromatic N) is 3. The van der Waals surface area contributed by atoms with Crippen molar-refractivity contribution >= 4 is 17.5 Å². The molecular formula is C19H24N4O3. The molecule has 1 unspecified atom stereocenters. The second kappa shape index (κ2) is 7.27. The second-order valence-corrected chi connectivity index (χ2v) is 7.46. The van der Waals surface area contributed by atoms with Gasteiger partial charge in [0.2, 0.25) is 17.7 Å². The van der Waals surface area contributed by atoms with Crippen LogP contribution in [0.5, 0.6) is 0 Å². The molecule has 1 aromatic carbocycles. The first kappa shape index (κ1) is 18.1. The molecule has 1 aromatic heterocycles. The summed E-state index contributed by atoms with van der Waals surface area (Å²) in [6.07, 6.45) is 1.39. The number of anilines is 1. The smallest absolute Gasteiger partial charge is 0.243 e. The van der Waals surface area contributed by atoms with E-state index in [4.69, 9.17) is 4.52 Å². The van der Waals surface area contributed by atoms with Crippen LogP contribution < -0.4 is 10.2 Å². The van der Waals surface area contributed by atoms with Crippen LogP contribution in [0.25, 0.3) is 0 Å². The normalized spacial score (nSPS) is 17.6. The van der Waals surface area contributed by atoms with E-state index >= 15 is 0 Å². The Hall–Kier alpha value is -2.70. The molecule has 2 aromatic rings. The topological polar surface area (TPSA) is 88.3 Å². The Kier molecular flexibility index (Phi) is 5.06. The maximum absolute atomic E-state index is 12.6. The number of hydrogen-bond donors (Lipinski definition) is 1. The van der Waals surface area contributed by atoms with Crippen LogP contribution in [0.4, 0.5) is 5.69 Å². The lowest BCUT2D eigenvalue weighted by Crippen LogP contribution is -2.45. The fourth-order valence-electron chi connectivity index (χ4n) is 2.92. The van der Waals surface area contributed by atoms with Gasteiger partial charge in [-0.15, -0.1) is 0 Å². The van der Waals surface area contributed by atoms with Crippen LogP contribution in [0, 0.1) is 0 Å². The summed E-state index contributed by atoms with van der Waals surface area (Å²) < 4.78 is 5.25. The molecule has 3 rings (SSSR count). The van der Waals surface area contributed by atoms with E-state index < -0.39 is 6.04 Å². The lowest BCUT2D eigenvalue weighted by molar-refractivity contribution is -0.123. The van der Waals surface area contributed by atoms with Crippen molar-refractivity contribution < 1.29 is 14.1 Å². The van der Waals surface area contributed by atoms with Gasteiger partial charge in [0.15, 0.2) is 5.82 Å². The van der Waals surface area contributed by atoms with Gasteiger partial charge in [0, 0.05) is 30.5 Å². The molecule has 2 heterocycles. The Morgan fingerprint density at radius 1 is 1.31 bits per heavy atom. The minimum absolute atomic E-state index is 0.0238. The van der Waals surface area contributed by atoms with Crippen molar-refractivity contribution in [2.75, 3.05) is 11.4 Å². The summed E-state index contributed by atoms with van der Waals surface area (Å²) in [5, 5.41) is 6.84. The third-order valence-electron chi connectivity index (χ3n) is 4.31. The summed E-state index contributed by atoms with van der Waals surface area (Å²) >= 11 is 0. The molecule has 0 bridgehead atoms. The number of carbonyl (C=O) groups is 2. The van der Waals surface area contributed by atoms with Crippen molar-refractivity contribution in [3.63, 3.8) is 0 Å².